The first-order chi connectivity index (χ1) is 5.76. The van der Waals surface area contributed by atoms with Gasteiger partial charge in [-0.15, -0.1) is 11.3 Å². The van der Waals surface area contributed by atoms with E-state index in [0.717, 1.165) is 12.1 Å². The number of aryl methyl sites for hydroxylation is 1. The zero-order chi connectivity index (χ0) is 8.97. The third kappa shape index (κ3) is 2.20. The molecule has 0 aliphatic rings. The lowest BCUT2D eigenvalue weighted by Crippen LogP contribution is -2.10. The van der Waals surface area contributed by atoms with Crippen LogP contribution in [0.1, 0.15) is 12.6 Å². The largest absolute Gasteiger partial charge is 0.453 e. The van der Waals surface area contributed by atoms with Crippen LogP contribution < -0.4 is 5.32 Å². The van der Waals surface area contributed by atoms with Crippen molar-refractivity contribution in [3.63, 3.8) is 0 Å². The molecule has 1 aromatic rings. The van der Waals surface area contributed by atoms with E-state index in [-0.39, 0.29) is 0 Å². The molecule has 1 rings (SSSR count). The number of methoxy groups -OCH3 is 1. The second kappa shape index (κ2) is 4.06. The normalized spacial score (nSPS) is 9.50. The summed E-state index contributed by atoms with van der Waals surface area (Å²) < 4.78 is 4.41. The van der Waals surface area contributed by atoms with Gasteiger partial charge in [-0.2, -0.15) is 0 Å². The van der Waals surface area contributed by atoms with Crippen LogP contribution in [0.5, 0.6) is 0 Å². The van der Waals surface area contributed by atoms with Gasteiger partial charge in [0.15, 0.2) is 5.13 Å². The van der Waals surface area contributed by atoms with Gasteiger partial charge in [0, 0.05) is 5.38 Å². The zero-order valence-electron chi connectivity index (χ0n) is 6.96. The number of nitrogens with zero attached hydrogens (tertiary/aromatic N) is 1. The Hall–Kier alpha value is -1.10. The Morgan fingerprint density at radius 1 is 1.83 bits per heavy atom. The van der Waals surface area contributed by atoms with E-state index in [4.69, 9.17) is 0 Å². The maximum Gasteiger partial charge on any atom is 0.413 e. The van der Waals surface area contributed by atoms with E-state index in [1.807, 2.05) is 12.3 Å². The van der Waals surface area contributed by atoms with Crippen molar-refractivity contribution in [3.8, 4) is 0 Å². The molecule has 0 aliphatic heterocycles. The Morgan fingerprint density at radius 3 is 3.08 bits per heavy atom. The second-order valence-electron chi connectivity index (χ2n) is 2.11. The summed E-state index contributed by atoms with van der Waals surface area (Å²) in [5.41, 5.74) is 0.978. The summed E-state index contributed by atoms with van der Waals surface area (Å²) in [5, 5.41) is 4.98. The van der Waals surface area contributed by atoms with Crippen LogP contribution in [-0.2, 0) is 11.2 Å². The van der Waals surface area contributed by atoms with Crippen molar-refractivity contribution in [1.82, 2.24) is 4.98 Å². The number of hydrogen-bond donors (Lipinski definition) is 1. The van der Waals surface area contributed by atoms with Crippen LogP contribution in [0.3, 0.4) is 0 Å². The molecule has 0 spiro atoms. The van der Waals surface area contributed by atoms with Gasteiger partial charge >= 0.3 is 6.09 Å². The third-order valence-electron chi connectivity index (χ3n) is 1.31. The number of carbonyl (C=O) groups excluding carboxylic acids is 1. The molecule has 4 nitrogen and oxygen atoms in total. The van der Waals surface area contributed by atoms with E-state index in [2.05, 4.69) is 15.0 Å². The van der Waals surface area contributed by atoms with Crippen molar-refractivity contribution in [1.29, 1.82) is 0 Å². The molecule has 1 heterocycles. The van der Waals surface area contributed by atoms with Crippen LogP contribution >= 0.6 is 11.3 Å². The molecule has 0 aliphatic carbocycles. The van der Waals surface area contributed by atoms with Crippen LogP contribution in [0.25, 0.3) is 0 Å². The Balaban J connectivity index is 2.58. The molecule has 0 bridgehead atoms. The standard InChI is InChI=1S/C7H10N2O2S/c1-3-5-4-12-6(8-5)9-7(10)11-2/h4H,3H2,1-2H3,(H,8,9,10). The lowest BCUT2D eigenvalue weighted by Gasteiger charge is -1.96. The number of anilines is 1. The highest BCUT2D eigenvalue weighted by atomic mass is 32.1. The molecule has 1 amide bonds. The SMILES string of the molecule is CCc1csc(NC(=O)OC)n1. The van der Waals surface area contributed by atoms with Gasteiger partial charge in [0.25, 0.3) is 0 Å². The van der Waals surface area contributed by atoms with Gasteiger partial charge in [-0.1, -0.05) is 6.92 Å². The minimum Gasteiger partial charge on any atom is -0.453 e. The highest BCUT2D eigenvalue weighted by Gasteiger charge is 2.03. The Kier molecular flexibility index (Phi) is 3.04. The lowest BCUT2D eigenvalue weighted by molar-refractivity contribution is 0.187. The monoisotopic (exact) mass is 186 g/mol. The van der Waals surface area contributed by atoms with E-state index in [9.17, 15) is 4.79 Å². The molecule has 12 heavy (non-hydrogen) atoms. The molecule has 66 valence electrons. The first-order valence-corrected chi connectivity index (χ1v) is 4.43. The molecule has 5 heteroatoms. The predicted molar refractivity (Wildman–Crippen MR) is 47.5 cm³/mol. The molecule has 1 aromatic heterocycles. The topological polar surface area (TPSA) is 51.2 Å². The Labute approximate surface area is 74.6 Å². The fourth-order valence-corrected chi connectivity index (χ4v) is 1.44. The van der Waals surface area contributed by atoms with Crippen molar-refractivity contribution in [2.75, 3.05) is 12.4 Å². The van der Waals surface area contributed by atoms with Crippen molar-refractivity contribution in [2.24, 2.45) is 0 Å². The van der Waals surface area contributed by atoms with Gasteiger partial charge < -0.3 is 4.74 Å². The number of hydrogen-bond acceptors (Lipinski definition) is 4. The fraction of sp³-hybridized carbons (Fsp3) is 0.429. The van der Waals surface area contributed by atoms with Crippen LogP contribution in [0.4, 0.5) is 9.93 Å². The summed E-state index contributed by atoms with van der Waals surface area (Å²) in [6.07, 6.45) is 0.395. The number of ether oxygens (including phenoxy) is 1. The van der Waals surface area contributed by atoms with Crippen molar-refractivity contribution < 1.29 is 9.53 Å². The molecule has 0 saturated heterocycles. The van der Waals surface area contributed by atoms with Crippen LogP contribution in [0, 0.1) is 0 Å². The highest BCUT2D eigenvalue weighted by Crippen LogP contribution is 2.15. The summed E-state index contributed by atoms with van der Waals surface area (Å²) in [6, 6.07) is 0. The fourth-order valence-electron chi connectivity index (χ4n) is 0.665. The maximum absolute atomic E-state index is 10.7. The number of rotatable bonds is 2. The second-order valence-corrected chi connectivity index (χ2v) is 2.97. The molecule has 1 N–H and O–H groups in total. The summed E-state index contributed by atoms with van der Waals surface area (Å²) in [7, 11) is 1.32. The van der Waals surface area contributed by atoms with Gasteiger partial charge in [0.05, 0.1) is 12.8 Å². The summed E-state index contributed by atoms with van der Waals surface area (Å²) >= 11 is 1.39. The minimum absolute atomic E-state index is 0.480. The average molecular weight is 186 g/mol. The molecule has 0 radical (unpaired) electrons. The number of amides is 1. The van der Waals surface area contributed by atoms with E-state index in [0.29, 0.717) is 5.13 Å². The van der Waals surface area contributed by atoms with Crippen LogP contribution in [-0.4, -0.2) is 18.2 Å². The number of carbonyl (C=O) groups is 1. The molecule has 0 fully saturated rings. The smallest absolute Gasteiger partial charge is 0.413 e. The molecular weight excluding hydrogens is 176 g/mol. The van der Waals surface area contributed by atoms with Gasteiger partial charge in [0.1, 0.15) is 0 Å². The Bertz CT molecular complexity index is 272. The maximum atomic E-state index is 10.7. The quantitative estimate of drug-likeness (QED) is 0.767. The van der Waals surface area contributed by atoms with Gasteiger partial charge in [-0.05, 0) is 6.42 Å². The van der Waals surface area contributed by atoms with E-state index < -0.39 is 6.09 Å². The average Bonchev–Trinajstić information content (AvgIpc) is 2.52. The highest BCUT2D eigenvalue weighted by molar-refractivity contribution is 7.13. The van der Waals surface area contributed by atoms with Crippen LogP contribution in [0.2, 0.25) is 0 Å². The van der Waals surface area contributed by atoms with Gasteiger partial charge in [-0.3, -0.25) is 5.32 Å². The summed E-state index contributed by atoms with van der Waals surface area (Å²) in [6.45, 7) is 2.01. The number of nitrogens with one attached hydrogen (secondary N) is 1. The number of aromatic nitrogens is 1. The van der Waals surface area contributed by atoms with Crippen molar-refractivity contribution in [2.45, 2.75) is 13.3 Å². The van der Waals surface area contributed by atoms with E-state index in [1.165, 1.54) is 18.4 Å². The molecule has 0 saturated carbocycles. The third-order valence-corrected chi connectivity index (χ3v) is 2.11. The van der Waals surface area contributed by atoms with Crippen LogP contribution in [0.15, 0.2) is 5.38 Å². The predicted octanol–water partition coefficient (Wildman–Crippen LogP) is 1.88. The molecule has 0 unspecified atom stereocenters. The minimum atomic E-state index is -0.480. The first kappa shape index (κ1) is 8.99. The molecule has 0 atom stereocenters. The Morgan fingerprint density at radius 2 is 2.58 bits per heavy atom. The molecular formula is C7H10N2O2S. The zero-order valence-corrected chi connectivity index (χ0v) is 7.77. The lowest BCUT2D eigenvalue weighted by atomic mass is 10.4. The summed E-state index contributed by atoms with van der Waals surface area (Å²) in [4.78, 5) is 14.8. The van der Waals surface area contributed by atoms with Gasteiger partial charge in [0.2, 0.25) is 0 Å². The summed E-state index contributed by atoms with van der Waals surface area (Å²) in [5.74, 6) is 0. The van der Waals surface area contributed by atoms with E-state index >= 15 is 0 Å². The van der Waals surface area contributed by atoms with Crippen molar-refractivity contribution in [3.05, 3.63) is 11.1 Å². The number of thiazole rings is 1. The van der Waals surface area contributed by atoms with Crippen molar-refractivity contribution >= 4 is 22.6 Å². The van der Waals surface area contributed by atoms with Gasteiger partial charge in [-0.25, -0.2) is 9.78 Å². The van der Waals surface area contributed by atoms with E-state index in [1.54, 1.807) is 0 Å². The molecule has 0 aromatic carbocycles. The first-order valence-electron chi connectivity index (χ1n) is 3.55.